The molecule has 3 rings (SSSR count). The summed E-state index contributed by atoms with van der Waals surface area (Å²) in [5.41, 5.74) is 1.90. The first-order chi connectivity index (χ1) is 11.9. The number of benzene rings is 2. The van der Waals surface area contributed by atoms with E-state index in [1.807, 2.05) is 42.5 Å². The Labute approximate surface area is 153 Å². The SMILES string of the molecule is O=C(C[C@@H]1CCS(=O)(=O)C1)N[C@@H](c1ccccc1)c1ccc(Cl)cc1. The molecule has 4 nitrogen and oxygen atoms in total. The van der Waals surface area contributed by atoms with Gasteiger partial charge in [-0.05, 0) is 35.6 Å². The van der Waals surface area contributed by atoms with Crippen molar-refractivity contribution in [3.63, 3.8) is 0 Å². The maximum absolute atomic E-state index is 12.5. The van der Waals surface area contributed by atoms with Gasteiger partial charge in [0.2, 0.25) is 5.91 Å². The van der Waals surface area contributed by atoms with Gasteiger partial charge in [0.1, 0.15) is 0 Å². The van der Waals surface area contributed by atoms with Crippen LogP contribution in [0.5, 0.6) is 0 Å². The standard InChI is InChI=1S/C19H20ClNO3S/c20-17-8-6-16(7-9-17)19(15-4-2-1-3-5-15)21-18(22)12-14-10-11-25(23,24)13-14/h1-9,14,19H,10-13H2,(H,21,22)/t14-,19-/m0/s1. The highest BCUT2D eigenvalue weighted by Crippen LogP contribution is 2.25. The normalized spacial score (nSPS) is 20.1. The van der Waals surface area contributed by atoms with E-state index < -0.39 is 9.84 Å². The van der Waals surface area contributed by atoms with Gasteiger partial charge in [0.05, 0.1) is 17.5 Å². The second-order valence-corrected chi connectivity index (χ2v) is 9.10. The summed E-state index contributed by atoms with van der Waals surface area (Å²) in [7, 11) is -2.97. The van der Waals surface area contributed by atoms with E-state index in [9.17, 15) is 13.2 Å². The van der Waals surface area contributed by atoms with Crippen molar-refractivity contribution >= 4 is 27.3 Å². The number of rotatable bonds is 5. The second-order valence-electron chi connectivity index (χ2n) is 6.44. The molecule has 1 aliphatic rings. The van der Waals surface area contributed by atoms with Crippen LogP contribution < -0.4 is 5.32 Å². The number of carbonyl (C=O) groups is 1. The predicted molar refractivity (Wildman–Crippen MR) is 99.3 cm³/mol. The predicted octanol–water partition coefficient (Wildman–Crippen LogP) is 3.37. The zero-order valence-electron chi connectivity index (χ0n) is 13.7. The largest absolute Gasteiger partial charge is 0.345 e. The Kier molecular flexibility index (Phi) is 5.45. The van der Waals surface area contributed by atoms with Crippen molar-refractivity contribution in [2.24, 2.45) is 5.92 Å². The zero-order valence-corrected chi connectivity index (χ0v) is 15.3. The molecule has 2 aromatic rings. The summed E-state index contributed by atoms with van der Waals surface area (Å²) in [5, 5.41) is 3.68. The van der Waals surface area contributed by atoms with Gasteiger partial charge in [0, 0.05) is 11.4 Å². The Morgan fingerprint density at radius 3 is 2.32 bits per heavy atom. The smallest absolute Gasteiger partial charge is 0.221 e. The Morgan fingerprint density at radius 2 is 1.72 bits per heavy atom. The first-order valence-corrected chi connectivity index (χ1v) is 10.4. The lowest BCUT2D eigenvalue weighted by atomic mass is 9.97. The Hall–Kier alpha value is -1.85. The summed E-state index contributed by atoms with van der Waals surface area (Å²) >= 11 is 5.96. The van der Waals surface area contributed by atoms with E-state index in [0.717, 1.165) is 11.1 Å². The molecule has 1 amide bonds. The molecule has 0 bridgehead atoms. The number of hydrogen-bond donors (Lipinski definition) is 1. The van der Waals surface area contributed by atoms with Gasteiger partial charge in [-0.15, -0.1) is 0 Å². The third-order valence-electron chi connectivity index (χ3n) is 4.44. The fraction of sp³-hybridized carbons (Fsp3) is 0.316. The molecule has 0 saturated carbocycles. The molecule has 1 N–H and O–H groups in total. The van der Waals surface area contributed by atoms with Crippen LogP contribution >= 0.6 is 11.6 Å². The second kappa shape index (κ2) is 7.58. The fourth-order valence-corrected chi connectivity index (χ4v) is 5.16. The van der Waals surface area contributed by atoms with Crippen LogP contribution in [-0.4, -0.2) is 25.8 Å². The van der Waals surface area contributed by atoms with Crippen LogP contribution in [0.25, 0.3) is 0 Å². The van der Waals surface area contributed by atoms with Crippen molar-refractivity contribution in [3.8, 4) is 0 Å². The minimum absolute atomic E-state index is 0.0911. The van der Waals surface area contributed by atoms with E-state index in [0.29, 0.717) is 11.4 Å². The van der Waals surface area contributed by atoms with E-state index in [1.165, 1.54) is 0 Å². The summed E-state index contributed by atoms with van der Waals surface area (Å²) in [6, 6.07) is 16.8. The lowest BCUT2D eigenvalue weighted by molar-refractivity contribution is -0.122. The summed E-state index contributed by atoms with van der Waals surface area (Å²) < 4.78 is 23.2. The maximum atomic E-state index is 12.5. The van der Waals surface area contributed by atoms with Gasteiger partial charge in [-0.1, -0.05) is 54.1 Å². The fourth-order valence-electron chi connectivity index (χ4n) is 3.17. The minimum atomic E-state index is -2.97. The molecule has 0 aromatic heterocycles. The van der Waals surface area contributed by atoms with E-state index >= 15 is 0 Å². The molecule has 1 heterocycles. The number of sulfone groups is 1. The van der Waals surface area contributed by atoms with Crippen molar-refractivity contribution in [3.05, 3.63) is 70.7 Å². The third-order valence-corrected chi connectivity index (χ3v) is 6.53. The molecule has 1 aliphatic heterocycles. The summed E-state index contributed by atoms with van der Waals surface area (Å²) in [6.07, 6.45) is 0.794. The number of carbonyl (C=O) groups excluding carboxylic acids is 1. The van der Waals surface area contributed by atoms with Crippen LogP contribution in [0.4, 0.5) is 0 Å². The van der Waals surface area contributed by atoms with Crippen LogP contribution in [0.3, 0.4) is 0 Å². The molecule has 2 atom stereocenters. The molecule has 1 saturated heterocycles. The lowest BCUT2D eigenvalue weighted by Crippen LogP contribution is -2.31. The topological polar surface area (TPSA) is 63.2 Å². The zero-order chi connectivity index (χ0) is 17.9. The Morgan fingerprint density at radius 1 is 1.08 bits per heavy atom. The molecule has 6 heteroatoms. The number of nitrogens with one attached hydrogen (secondary N) is 1. The van der Waals surface area contributed by atoms with Crippen LogP contribution in [0, 0.1) is 5.92 Å². The van der Waals surface area contributed by atoms with Crippen molar-refractivity contribution in [1.82, 2.24) is 5.32 Å². The molecule has 25 heavy (non-hydrogen) atoms. The van der Waals surface area contributed by atoms with Gasteiger partial charge in [0.15, 0.2) is 9.84 Å². The highest BCUT2D eigenvalue weighted by molar-refractivity contribution is 7.91. The van der Waals surface area contributed by atoms with Gasteiger partial charge in [-0.3, -0.25) is 4.79 Å². The quantitative estimate of drug-likeness (QED) is 0.868. The summed E-state index contributed by atoms with van der Waals surface area (Å²) in [4.78, 5) is 12.5. The van der Waals surface area contributed by atoms with E-state index in [1.54, 1.807) is 12.1 Å². The van der Waals surface area contributed by atoms with Gasteiger partial charge in [-0.2, -0.15) is 0 Å². The molecule has 132 valence electrons. The van der Waals surface area contributed by atoms with E-state index in [2.05, 4.69) is 5.32 Å². The molecule has 0 spiro atoms. The molecule has 0 aliphatic carbocycles. The first-order valence-electron chi connectivity index (χ1n) is 8.23. The highest BCUT2D eigenvalue weighted by Gasteiger charge is 2.30. The molecule has 0 unspecified atom stereocenters. The highest BCUT2D eigenvalue weighted by atomic mass is 35.5. The molecule has 2 aromatic carbocycles. The van der Waals surface area contributed by atoms with Crippen LogP contribution in [0.2, 0.25) is 5.02 Å². The van der Waals surface area contributed by atoms with Crippen LogP contribution in [-0.2, 0) is 14.6 Å². The Balaban J connectivity index is 1.76. The summed E-state index contributed by atoms with van der Waals surface area (Å²) in [5.74, 6) is 0.0688. The monoisotopic (exact) mass is 377 g/mol. The number of halogens is 1. The van der Waals surface area contributed by atoms with Crippen molar-refractivity contribution < 1.29 is 13.2 Å². The van der Waals surface area contributed by atoms with Gasteiger partial charge >= 0.3 is 0 Å². The number of amides is 1. The average Bonchev–Trinajstić information content (AvgIpc) is 2.93. The number of hydrogen-bond acceptors (Lipinski definition) is 3. The molecular weight excluding hydrogens is 358 g/mol. The maximum Gasteiger partial charge on any atom is 0.221 e. The van der Waals surface area contributed by atoms with Crippen LogP contribution in [0.15, 0.2) is 54.6 Å². The van der Waals surface area contributed by atoms with E-state index in [4.69, 9.17) is 11.6 Å². The van der Waals surface area contributed by atoms with Gasteiger partial charge in [0.25, 0.3) is 0 Å². The minimum Gasteiger partial charge on any atom is -0.345 e. The van der Waals surface area contributed by atoms with Gasteiger partial charge in [-0.25, -0.2) is 8.42 Å². The Bertz CT molecular complexity index is 835. The molecular formula is C19H20ClNO3S. The summed E-state index contributed by atoms with van der Waals surface area (Å²) in [6.45, 7) is 0. The molecule has 1 fully saturated rings. The first kappa shape index (κ1) is 18.0. The third kappa shape index (κ3) is 4.83. The average molecular weight is 378 g/mol. The lowest BCUT2D eigenvalue weighted by Gasteiger charge is -2.21. The van der Waals surface area contributed by atoms with Crippen molar-refractivity contribution in [2.45, 2.75) is 18.9 Å². The van der Waals surface area contributed by atoms with Crippen LogP contribution in [0.1, 0.15) is 30.0 Å². The molecule has 0 radical (unpaired) electrons. The van der Waals surface area contributed by atoms with Crippen molar-refractivity contribution in [2.75, 3.05) is 11.5 Å². The van der Waals surface area contributed by atoms with Crippen molar-refractivity contribution in [1.29, 1.82) is 0 Å². The van der Waals surface area contributed by atoms with Gasteiger partial charge < -0.3 is 5.32 Å². The van der Waals surface area contributed by atoms with E-state index in [-0.39, 0.29) is 35.8 Å².